The summed E-state index contributed by atoms with van der Waals surface area (Å²) in [6.45, 7) is -5.02. The molecule has 0 bridgehead atoms. The number of alkyl halides is 4. The molecule has 1 aromatic carbocycles. The number of hydrogen-bond acceptors (Lipinski definition) is 3. The molecule has 106 valence electrons. The van der Waals surface area contributed by atoms with Crippen molar-refractivity contribution >= 4 is 5.91 Å². The first-order valence-corrected chi connectivity index (χ1v) is 5.25. The minimum atomic E-state index is -3.26. The van der Waals surface area contributed by atoms with Crippen molar-refractivity contribution in [1.82, 2.24) is 5.32 Å². The third-order valence-corrected chi connectivity index (χ3v) is 2.15. The van der Waals surface area contributed by atoms with Crippen LogP contribution in [0, 0.1) is 0 Å². The van der Waals surface area contributed by atoms with Gasteiger partial charge >= 0.3 is 6.61 Å². The number of amides is 1. The molecule has 19 heavy (non-hydrogen) atoms. The molecule has 0 aliphatic rings. The van der Waals surface area contributed by atoms with E-state index in [4.69, 9.17) is 5.73 Å². The standard InChI is InChI=1S/C11H12F4N2O2/c12-10(13)19-8-4-2-1-3-7(8)9(18)17-6-11(14,15)5-16/h1-4,10H,5-6,16H2,(H,17,18). The van der Waals surface area contributed by atoms with Gasteiger partial charge in [-0.05, 0) is 12.1 Å². The molecule has 0 radical (unpaired) electrons. The smallest absolute Gasteiger partial charge is 0.387 e. The van der Waals surface area contributed by atoms with Gasteiger partial charge in [0.05, 0.1) is 18.7 Å². The van der Waals surface area contributed by atoms with Gasteiger partial charge in [-0.25, -0.2) is 8.78 Å². The second-order valence-corrected chi connectivity index (χ2v) is 3.62. The van der Waals surface area contributed by atoms with Gasteiger partial charge in [0.25, 0.3) is 11.8 Å². The molecule has 8 heteroatoms. The number of carbonyl (C=O) groups is 1. The summed E-state index contributed by atoms with van der Waals surface area (Å²) in [5.41, 5.74) is 4.55. The Balaban J connectivity index is 2.77. The Kier molecular flexibility index (Phi) is 5.11. The van der Waals surface area contributed by atoms with Crippen LogP contribution in [-0.2, 0) is 0 Å². The SMILES string of the molecule is NCC(F)(F)CNC(=O)c1ccccc1OC(F)F. The summed E-state index contributed by atoms with van der Waals surface area (Å²) in [5.74, 6) is -4.58. The van der Waals surface area contributed by atoms with E-state index in [-0.39, 0.29) is 11.3 Å². The van der Waals surface area contributed by atoms with Crippen molar-refractivity contribution in [2.24, 2.45) is 5.73 Å². The quantitative estimate of drug-likeness (QED) is 0.778. The molecule has 0 unspecified atom stereocenters. The minimum absolute atomic E-state index is 0.254. The van der Waals surface area contributed by atoms with Gasteiger partial charge < -0.3 is 15.8 Å². The van der Waals surface area contributed by atoms with Gasteiger partial charge in [-0.2, -0.15) is 8.78 Å². The zero-order valence-electron chi connectivity index (χ0n) is 9.71. The maximum Gasteiger partial charge on any atom is 0.387 e. The molecule has 0 saturated carbocycles. The summed E-state index contributed by atoms with van der Waals surface area (Å²) in [6.07, 6.45) is 0. The van der Waals surface area contributed by atoms with E-state index >= 15 is 0 Å². The zero-order valence-corrected chi connectivity index (χ0v) is 9.71. The number of ether oxygens (including phenoxy) is 1. The van der Waals surface area contributed by atoms with E-state index in [9.17, 15) is 22.4 Å². The van der Waals surface area contributed by atoms with Gasteiger partial charge in [-0.15, -0.1) is 0 Å². The first-order chi connectivity index (χ1) is 8.85. The van der Waals surface area contributed by atoms with Crippen molar-refractivity contribution in [3.8, 4) is 5.75 Å². The lowest BCUT2D eigenvalue weighted by Crippen LogP contribution is -2.41. The number of halogens is 4. The lowest BCUT2D eigenvalue weighted by Gasteiger charge is -2.15. The Morgan fingerprint density at radius 3 is 2.58 bits per heavy atom. The number of rotatable bonds is 6. The molecule has 1 rings (SSSR count). The van der Waals surface area contributed by atoms with Crippen LogP contribution in [-0.4, -0.2) is 31.5 Å². The molecule has 1 aromatic rings. The van der Waals surface area contributed by atoms with Crippen LogP contribution < -0.4 is 15.8 Å². The van der Waals surface area contributed by atoms with E-state index in [0.29, 0.717) is 0 Å². The molecule has 0 saturated heterocycles. The lowest BCUT2D eigenvalue weighted by atomic mass is 10.2. The summed E-state index contributed by atoms with van der Waals surface area (Å²) < 4.78 is 54.0. The van der Waals surface area contributed by atoms with Crippen molar-refractivity contribution in [2.75, 3.05) is 13.1 Å². The van der Waals surface area contributed by atoms with E-state index in [0.717, 1.165) is 6.07 Å². The molecule has 1 amide bonds. The molecule has 0 atom stereocenters. The van der Waals surface area contributed by atoms with Gasteiger partial charge in [-0.3, -0.25) is 4.79 Å². The van der Waals surface area contributed by atoms with Crippen LogP contribution in [0.1, 0.15) is 10.4 Å². The fraction of sp³-hybridized carbons (Fsp3) is 0.364. The monoisotopic (exact) mass is 280 g/mol. The Hall–Kier alpha value is -1.83. The third kappa shape index (κ3) is 4.74. The van der Waals surface area contributed by atoms with Crippen molar-refractivity contribution in [3.05, 3.63) is 29.8 Å². The summed E-state index contributed by atoms with van der Waals surface area (Å²) in [7, 11) is 0. The molecule has 3 N–H and O–H groups in total. The molecule has 0 fully saturated rings. The summed E-state index contributed by atoms with van der Waals surface area (Å²) in [6, 6.07) is 5.10. The highest BCUT2D eigenvalue weighted by Crippen LogP contribution is 2.20. The highest BCUT2D eigenvalue weighted by atomic mass is 19.3. The number of benzene rings is 1. The van der Waals surface area contributed by atoms with Gasteiger partial charge in [0, 0.05) is 0 Å². The first-order valence-electron chi connectivity index (χ1n) is 5.25. The fourth-order valence-corrected chi connectivity index (χ4v) is 1.23. The summed E-state index contributed by atoms with van der Waals surface area (Å²) in [5, 5.41) is 1.91. The van der Waals surface area contributed by atoms with Crippen LogP contribution in [0.5, 0.6) is 5.75 Å². The van der Waals surface area contributed by atoms with Crippen LogP contribution in [0.15, 0.2) is 24.3 Å². The molecule has 4 nitrogen and oxygen atoms in total. The maximum atomic E-state index is 12.8. The number of hydrogen-bond donors (Lipinski definition) is 2. The highest BCUT2D eigenvalue weighted by molar-refractivity contribution is 5.96. The number of para-hydroxylation sites is 1. The molecule has 0 aromatic heterocycles. The Morgan fingerprint density at radius 1 is 1.37 bits per heavy atom. The normalized spacial score (nSPS) is 11.5. The predicted molar refractivity (Wildman–Crippen MR) is 59.4 cm³/mol. The molecule has 0 aliphatic heterocycles. The van der Waals surface area contributed by atoms with Crippen molar-refractivity contribution in [1.29, 1.82) is 0 Å². The maximum absolute atomic E-state index is 12.8. The van der Waals surface area contributed by atoms with Crippen LogP contribution >= 0.6 is 0 Å². The van der Waals surface area contributed by atoms with E-state index in [1.54, 1.807) is 0 Å². The van der Waals surface area contributed by atoms with Crippen LogP contribution in [0.4, 0.5) is 17.6 Å². The second kappa shape index (κ2) is 6.37. The van der Waals surface area contributed by atoms with E-state index in [1.807, 2.05) is 5.32 Å². The van der Waals surface area contributed by atoms with Crippen molar-refractivity contribution in [2.45, 2.75) is 12.5 Å². The first kappa shape index (κ1) is 15.2. The Bertz CT molecular complexity index is 440. The molecule has 0 aliphatic carbocycles. The summed E-state index contributed by atoms with van der Waals surface area (Å²) in [4.78, 5) is 11.6. The zero-order chi connectivity index (χ0) is 14.5. The average Bonchev–Trinajstić information content (AvgIpc) is 2.36. The number of nitrogens with one attached hydrogen (secondary N) is 1. The Morgan fingerprint density at radius 2 is 2.00 bits per heavy atom. The minimum Gasteiger partial charge on any atom is -0.434 e. The average molecular weight is 280 g/mol. The lowest BCUT2D eigenvalue weighted by molar-refractivity contribution is -0.0502. The van der Waals surface area contributed by atoms with Gasteiger partial charge in [0.1, 0.15) is 5.75 Å². The van der Waals surface area contributed by atoms with Crippen molar-refractivity contribution < 1.29 is 27.1 Å². The van der Waals surface area contributed by atoms with Gasteiger partial charge in [0.2, 0.25) is 0 Å². The fourth-order valence-electron chi connectivity index (χ4n) is 1.23. The van der Waals surface area contributed by atoms with Gasteiger partial charge in [-0.1, -0.05) is 12.1 Å². The molecule has 0 heterocycles. The topological polar surface area (TPSA) is 64.3 Å². The third-order valence-electron chi connectivity index (χ3n) is 2.15. The van der Waals surface area contributed by atoms with E-state index in [1.165, 1.54) is 18.2 Å². The number of nitrogens with two attached hydrogens (primary N) is 1. The Labute approximate surface area is 106 Å². The van der Waals surface area contributed by atoms with Gasteiger partial charge in [0.15, 0.2) is 0 Å². The van der Waals surface area contributed by atoms with E-state index in [2.05, 4.69) is 4.74 Å². The summed E-state index contributed by atoms with van der Waals surface area (Å²) >= 11 is 0. The van der Waals surface area contributed by atoms with Crippen molar-refractivity contribution in [3.63, 3.8) is 0 Å². The molecular weight excluding hydrogens is 268 g/mol. The van der Waals surface area contributed by atoms with Crippen LogP contribution in [0.2, 0.25) is 0 Å². The van der Waals surface area contributed by atoms with E-state index < -0.39 is 31.5 Å². The second-order valence-electron chi connectivity index (χ2n) is 3.62. The molecular formula is C11H12F4N2O2. The largest absolute Gasteiger partial charge is 0.434 e. The van der Waals surface area contributed by atoms with Crippen LogP contribution in [0.3, 0.4) is 0 Å². The number of carbonyl (C=O) groups excluding carboxylic acids is 1. The predicted octanol–water partition coefficient (Wildman–Crippen LogP) is 1.61. The van der Waals surface area contributed by atoms with Crippen LogP contribution in [0.25, 0.3) is 0 Å². The molecule has 0 spiro atoms. The highest BCUT2D eigenvalue weighted by Gasteiger charge is 2.28.